The summed E-state index contributed by atoms with van der Waals surface area (Å²) in [6.07, 6.45) is 1.51. The van der Waals surface area contributed by atoms with Gasteiger partial charge in [0, 0.05) is 54.1 Å². The van der Waals surface area contributed by atoms with Crippen LogP contribution in [0.3, 0.4) is 0 Å². The third kappa shape index (κ3) is 7.09. The number of pyridine rings is 1. The maximum Gasteiger partial charge on any atom is 0.338 e. The maximum absolute atomic E-state index is 14.1. The van der Waals surface area contributed by atoms with Crippen molar-refractivity contribution < 1.29 is 19.5 Å². The first kappa shape index (κ1) is 31.3. The fraction of sp³-hybridized carbons (Fsp3) is 0.200. The van der Waals surface area contributed by atoms with E-state index in [1.807, 2.05) is 36.4 Å². The largest absolute Gasteiger partial charge is 0.478 e. The number of carbonyl (C=O) groups is 3. The number of aromatic nitrogens is 2. The number of carboxylic acids is 1. The average Bonchev–Trinajstić information content (AvgIpc) is 3.51. The van der Waals surface area contributed by atoms with Crippen LogP contribution < -0.4 is 5.32 Å². The number of benzene rings is 3. The topological polar surface area (TPSA) is 119 Å². The normalized spacial score (nSPS) is 14.3. The third-order valence-electron chi connectivity index (χ3n) is 8.04. The number of amides is 2. The maximum atomic E-state index is 14.1. The fourth-order valence-corrected chi connectivity index (χ4v) is 6.95. The summed E-state index contributed by atoms with van der Waals surface area (Å²) >= 11 is 7.26. The lowest BCUT2D eigenvalue weighted by Gasteiger charge is -2.40. The number of carbonyl (C=O) groups excluding carboxylic acids is 2. The van der Waals surface area contributed by atoms with E-state index in [0.717, 1.165) is 22.7 Å². The van der Waals surface area contributed by atoms with E-state index in [2.05, 4.69) is 44.5 Å². The molecule has 11 heteroatoms. The van der Waals surface area contributed by atoms with E-state index in [4.69, 9.17) is 11.6 Å². The Bertz CT molecular complexity index is 1800. The summed E-state index contributed by atoms with van der Waals surface area (Å²) in [6, 6.07) is 29.8. The molecule has 0 bridgehead atoms. The molecule has 5 aromatic rings. The van der Waals surface area contributed by atoms with Gasteiger partial charge in [0.05, 0.1) is 11.6 Å². The SMILES string of the molecule is O=C(NC(CSc1ncccc1C(=O)O)C(=O)N1CCN(C(c2ccccc2)c2ccccc2)CC1)c1cc2cc(Cl)ccc2[nH]1. The minimum Gasteiger partial charge on any atom is -0.478 e. The molecule has 2 aromatic heterocycles. The Kier molecular flexibility index (Phi) is 9.68. The molecule has 6 rings (SSSR count). The molecule has 1 fully saturated rings. The summed E-state index contributed by atoms with van der Waals surface area (Å²) in [5, 5.41) is 14.2. The van der Waals surface area contributed by atoms with Gasteiger partial charge in [0.25, 0.3) is 5.91 Å². The van der Waals surface area contributed by atoms with E-state index in [1.165, 1.54) is 23.4 Å². The van der Waals surface area contributed by atoms with Gasteiger partial charge in [-0.2, -0.15) is 0 Å². The minimum atomic E-state index is -1.11. The first-order chi connectivity index (χ1) is 22.4. The number of carboxylic acid groups (broad SMARTS) is 1. The van der Waals surface area contributed by atoms with Gasteiger partial charge in [-0.15, -0.1) is 11.8 Å². The van der Waals surface area contributed by atoms with Crippen LogP contribution in [0.15, 0.2) is 108 Å². The summed E-state index contributed by atoms with van der Waals surface area (Å²) in [5.41, 5.74) is 3.44. The van der Waals surface area contributed by atoms with Gasteiger partial charge in [0.1, 0.15) is 16.8 Å². The van der Waals surface area contributed by atoms with E-state index in [0.29, 0.717) is 36.9 Å². The van der Waals surface area contributed by atoms with Gasteiger partial charge in [-0.3, -0.25) is 14.5 Å². The molecule has 2 amide bonds. The molecule has 3 heterocycles. The lowest BCUT2D eigenvalue weighted by Crippen LogP contribution is -2.56. The molecular formula is C35H32ClN5O4S. The number of aromatic carboxylic acids is 1. The van der Waals surface area contributed by atoms with Gasteiger partial charge in [-0.05, 0) is 47.5 Å². The smallest absolute Gasteiger partial charge is 0.338 e. The summed E-state index contributed by atoms with van der Waals surface area (Å²) in [7, 11) is 0. The van der Waals surface area contributed by atoms with Crippen molar-refractivity contribution in [3.05, 3.63) is 131 Å². The summed E-state index contributed by atoms with van der Waals surface area (Å²) in [6.45, 7) is 2.22. The zero-order valence-corrected chi connectivity index (χ0v) is 26.4. The van der Waals surface area contributed by atoms with Crippen LogP contribution in [-0.4, -0.2) is 80.6 Å². The van der Waals surface area contributed by atoms with Crippen LogP contribution in [0.4, 0.5) is 0 Å². The predicted molar refractivity (Wildman–Crippen MR) is 179 cm³/mol. The van der Waals surface area contributed by atoms with Crippen LogP contribution in [0.1, 0.15) is 38.0 Å². The zero-order valence-electron chi connectivity index (χ0n) is 24.8. The van der Waals surface area contributed by atoms with Crippen molar-refractivity contribution >= 4 is 52.0 Å². The molecule has 46 heavy (non-hydrogen) atoms. The number of nitrogens with zero attached hydrogens (tertiary/aromatic N) is 3. The van der Waals surface area contributed by atoms with Gasteiger partial charge >= 0.3 is 5.97 Å². The monoisotopic (exact) mass is 653 g/mol. The van der Waals surface area contributed by atoms with Gasteiger partial charge in [0.2, 0.25) is 5.91 Å². The molecule has 0 aliphatic carbocycles. The standard InChI is InChI=1S/C35H32ClN5O4S/c36-26-13-14-28-25(20-26)21-29(38-28)32(42)39-30(22-46-33-27(35(44)45)12-7-15-37-33)34(43)41-18-16-40(17-19-41)31(23-8-3-1-4-9-23)24-10-5-2-6-11-24/h1-15,20-21,30-31,38H,16-19,22H2,(H,39,42)(H,44,45). The lowest BCUT2D eigenvalue weighted by atomic mass is 9.96. The lowest BCUT2D eigenvalue weighted by molar-refractivity contribution is -0.134. The molecule has 1 atom stereocenters. The molecule has 0 spiro atoms. The van der Waals surface area contributed by atoms with E-state index in [9.17, 15) is 19.5 Å². The van der Waals surface area contributed by atoms with Gasteiger partial charge in [-0.25, -0.2) is 9.78 Å². The van der Waals surface area contributed by atoms with E-state index >= 15 is 0 Å². The van der Waals surface area contributed by atoms with E-state index in [1.54, 1.807) is 35.2 Å². The minimum absolute atomic E-state index is 0.0407. The van der Waals surface area contributed by atoms with Crippen molar-refractivity contribution in [2.24, 2.45) is 0 Å². The van der Waals surface area contributed by atoms with E-state index < -0.39 is 17.9 Å². The first-order valence-electron chi connectivity index (χ1n) is 14.9. The molecule has 1 aliphatic heterocycles. The third-order valence-corrected chi connectivity index (χ3v) is 9.37. The second-order valence-corrected chi connectivity index (χ2v) is 12.4. The Morgan fingerprint density at radius 1 is 0.891 bits per heavy atom. The number of halogens is 1. The Morgan fingerprint density at radius 3 is 2.22 bits per heavy atom. The Morgan fingerprint density at radius 2 is 1.57 bits per heavy atom. The molecule has 0 saturated carbocycles. The van der Waals surface area contributed by atoms with Crippen molar-refractivity contribution in [2.75, 3.05) is 31.9 Å². The van der Waals surface area contributed by atoms with Crippen molar-refractivity contribution in [3.63, 3.8) is 0 Å². The Labute approximate surface area is 275 Å². The summed E-state index contributed by atoms with van der Waals surface area (Å²) < 4.78 is 0. The number of nitrogens with one attached hydrogen (secondary N) is 2. The van der Waals surface area contributed by atoms with Crippen molar-refractivity contribution in [1.82, 2.24) is 25.1 Å². The highest BCUT2D eigenvalue weighted by Crippen LogP contribution is 2.30. The fourth-order valence-electron chi connectivity index (χ4n) is 5.77. The number of H-pyrrole nitrogens is 1. The van der Waals surface area contributed by atoms with Gasteiger partial charge < -0.3 is 20.3 Å². The van der Waals surface area contributed by atoms with Crippen LogP contribution in [0, 0.1) is 0 Å². The van der Waals surface area contributed by atoms with E-state index in [-0.39, 0.29) is 28.3 Å². The highest BCUT2D eigenvalue weighted by atomic mass is 35.5. The second-order valence-electron chi connectivity index (χ2n) is 11.0. The Hall–Kier alpha value is -4.64. The van der Waals surface area contributed by atoms with Crippen LogP contribution >= 0.6 is 23.4 Å². The number of piperazine rings is 1. The predicted octanol–water partition coefficient (Wildman–Crippen LogP) is 5.74. The van der Waals surface area contributed by atoms with Crippen molar-refractivity contribution in [3.8, 4) is 0 Å². The molecule has 3 aromatic carbocycles. The first-order valence-corrected chi connectivity index (χ1v) is 16.3. The average molecular weight is 654 g/mol. The second kappa shape index (κ2) is 14.2. The molecule has 0 radical (unpaired) electrons. The summed E-state index contributed by atoms with van der Waals surface area (Å²) in [5.74, 6) is -1.69. The van der Waals surface area contributed by atoms with Crippen LogP contribution in [0.2, 0.25) is 5.02 Å². The number of fused-ring (bicyclic) bond motifs is 1. The Balaban J connectivity index is 1.20. The quantitative estimate of drug-likeness (QED) is 0.165. The highest BCUT2D eigenvalue weighted by molar-refractivity contribution is 7.99. The van der Waals surface area contributed by atoms with Crippen LogP contribution in [-0.2, 0) is 4.79 Å². The van der Waals surface area contributed by atoms with Gasteiger partial charge in [0.15, 0.2) is 0 Å². The molecule has 1 unspecified atom stereocenters. The molecule has 1 saturated heterocycles. The van der Waals surface area contributed by atoms with Crippen molar-refractivity contribution in [2.45, 2.75) is 17.1 Å². The number of hydrogen-bond acceptors (Lipinski definition) is 6. The van der Waals surface area contributed by atoms with Gasteiger partial charge in [-0.1, -0.05) is 72.3 Å². The molecular weight excluding hydrogens is 622 g/mol. The number of rotatable bonds is 10. The zero-order chi connectivity index (χ0) is 32.0. The van der Waals surface area contributed by atoms with Crippen LogP contribution in [0.25, 0.3) is 10.9 Å². The number of aromatic amines is 1. The molecule has 234 valence electrons. The number of thioether (sulfide) groups is 1. The number of hydrogen-bond donors (Lipinski definition) is 3. The molecule has 3 N–H and O–H groups in total. The molecule has 9 nitrogen and oxygen atoms in total. The van der Waals surface area contributed by atoms with Crippen molar-refractivity contribution in [1.29, 1.82) is 0 Å². The summed E-state index contributed by atoms with van der Waals surface area (Å²) in [4.78, 5) is 50.8. The highest BCUT2D eigenvalue weighted by Gasteiger charge is 2.32. The van der Waals surface area contributed by atoms with Crippen LogP contribution in [0.5, 0.6) is 0 Å². The molecule has 1 aliphatic rings.